The number of hydrogen-bond donors (Lipinski definition) is 2. The maximum Gasteiger partial charge on any atom is 0.243 e. The molecule has 1 atom stereocenters. The summed E-state index contributed by atoms with van der Waals surface area (Å²) in [7, 11) is 1.81. The molecule has 2 N–H and O–H groups in total. The van der Waals surface area contributed by atoms with E-state index in [0.717, 1.165) is 25.1 Å². The van der Waals surface area contributed by atoms with Crippen LogP contribution in [0.5, 0.6) is 0 Å². The molecule has 0 bridgehead atoms. The molecule has 1 aromatic rings. The van der Waals surface area contributed by atoms with E-state index in [2.05, 4.69) is 10.3 Å². The van der Waals surface area contributed by atoms with Gasteiger partial charge in [0.1, 0.15) is 0 Å². The van der Waals surface area contributed by atoms with Crippen LogP contribution < -0.4 is 10.2 Å². The Bertz CT molecular complexity index is 301. The van der Waals surface area contributed by atoms with E-state index >= 15 is 0 Å². The fourth-order valence-corrected chi connectivity index (χ4v) is 1.78. The number of anilines is 1. The van der Waals surface area contributed by atoms with Crippen molar-refractivity contribution in [1.82, 2.24) is 10.3 Å². The molecule has 0 radical (unpaired) electrons. The third kappa shape index (κ3) is 1.65. The van der Waals surface area contributed by atoms with Gasteiger partial charge in [0.25, 0.3) is 0 Å². The molecule has 1 fully saturated rings. The smallest absolute Gasteiger partial charge is 0.243 e. The second kappa shape index (κ2) is 3.84. The molecule has 0 spiro atoms. The minimum Gasteiger partial charge on any atom is -0.366 e. The first-order chi connectivity index (χ1) is 6.79. The summed E-state index contributed by atoms with van der Waals surface area (Å²) >= 11 is 0. The summed E-state index contributed by atoms with van der Waals surface area (Å²) in [5.41, 5.74) is 0.920. The number of carbonyl (C=O) groups is 1. The molecule has 1 unspecified atom stereocenters. The Balaban J connectivity index is 2.04. The molecule has 1 saturated heterocycles. The van der Waals surface area contributed by atoms with E-state index in [9.17, 15) is 4.79 Å². The van der Waals surface area contributed by atoms with Gasteiger partial charge >= 0.3 is 0 Å². The second-order valence-corrected chi connectivity index (χ2v) is 3.62. The number of likely N-dealkylation sites (N-methyl/N-ethyl adjacent to an activating group) is 1. The van der Waals surface area contributed by atoms with Crippen LogP contribution >= 0.6 is 0 Å². The Morgan fingerprint density at radius 1 is 1.64 bits per heavy atom. The van der Waals surface area contributed by atoms with Gasteiger partial charge in [0.2, 0.25) is 5.91 Å². The normalized spacial score (nSPS) is 21.1. The average molecular weight is 193 g/mol. The first-order valence-corrected chi connectivity index (χ1v) is 4.93. The summed E-state index contributed by atoms with van der Waals surface area (Å²) < 4.78 is 0. The molecule has 4 nitrogen and oxygen atoms in total. The van der Waals surface area contributed by atoms with E-state index in [0.29, 0.717) is 0 Å². The molecule has 76 valence electrons. The van der Waals surface area contributed by atoms with Crippen LogP contribution in [0.1, 0.15) is 12.8 Å². The van der Waals surface area contributed by atoms with Crippen molar-refractivity contribution in [3.63, 3.8) is 0 Å². The third-order valence-electron chi connectivity index (χ3n) is 2.66. The summed E-state index contributed by atoms with van der Waals surface area (Å²) in [5.74, 6) is 0.155. The molecule has 0 aromatic carbocycles. The molecule has 0 saturated carbocycles. The van der Waals surface area contributed by atoms with Gasteiger partial charge in [0, 0.05) is 19.4 Å². The van der Waals surface area contributed by atoms with Crippen molar-refractivity contribution in [1.29, 1.82) is 0 Å². The van der Waals surface area contributed by atoms with E-state index in [1.54, 1.807) is 4.90 Å². The maximum absolute atomic E-state index is 11.9. The maximum atomic E-state index is 11.9. The number of nitrogens with one attached hydrogen (secondary N) is 2. The lowest BCUT2D eigenvalue weighted by Gasteiger charge is -2.19. The molecule has 0 aliphatic carbocycles. The van der Waals surface area contributed by atoms with E-state index in [4.69, 9.17) is 0 Å². The Labute approximate surface area is 83.3 Å². The van der Waals surface area contributed by atoms with Crippen LogP contribution in [0.15, 0.2) is 18.5 Å². The number of aromatic nitrogens is 1. The van der Waals surface area contributed by atoms with Crippen LogP contribution in [0.3, 0.4) is 0 Å². The average Bonchev–Trinajstić information content (AvgIpc) is 2.87. The number of H-pyrrole nitrogens is 1. The lowest BCUT2D eigenvalue weighted by atomic mass is 10.2. The van der Waals surface area contributed by atoms with Crippen molar-refractivity contribution < 1.29 is 4.79 Å². The zero-order valence-electron chi connectivity index (χ0n) is 8.29. The molecular formula is C10H15N3O. The van der Waals surface area contributed by atoms with Crippen molar-refractivity contribution in [3.8, 4) is 0 Å². The van der Waals surface area contributed by atoms with Gasteiger partial charge in [-0.3, -0.25) is 4.79 Å². The van der Waals surface area contributed by atoms with Gasteiger partial charge in [-0.25, -0.2) is 0 Å². The first kappa shape index (κ1) is 9.27. The van der Waals surface area contributed by atoms with Crippen LogP contribution in [-0.4, -0.2) is 30.5 Å². The summed E-state index contributed by atoms with van der Waals surface area (Å²) in [6.45, 7) is 0.956. The van der Waals surface area contributed by atoms with Gasteiger partial charge in [-0.15, -0.1) is 0 Å². The second-order valence-electron chi connectivity index (χ2n) is 3.62. The molecule has 2 heterocycles. The van der Waals surface area contributed by atoms with Gasteiger partial charge < -0.3 is 15.2 Å². The molecule has 1 aliphatic rings. The number of aromatic amines is 1. The van der Waals surface area contributed by atoms with Crippen LogP contribution in [0.2, 0.25) is 0 Å². The number of nitrogens with zero attached hydrogens (tertiary/aromatic N) is 1. The highest BCUT2D eigenvalue weighted by atomic mass is 16.2. The van der Waals surface area contributed by atoms with E-state index < -0.39 is 0 Å². The lowest BCUT2D eigenvalue weighted by Crippen LogP contribution is -2.41. The molecule has 14 heavy (non-hydrogen) atoms. The summed E-state index contributed by atoms with van der Waals surface area (Å²) in [6.07, 6.45) is 5.69. The van der Waals surface area contributed by atoms with Gasteiger partial charge in [0.15, 0.2) is 0 Å². The minimum atomic E-state index is 0.00917. The highest BCUT2D eigenvalue weighted by Crippen LogP contribution is 2.14. The number of amides is 1. The predicted molar refractivity (Wildman–Crippen MR) is 55.2 cm³/mol. The molecular weight excluding hydrogens is 178 g/mol. The highest BCUT2D eigenvalue weighted by Gasteiger charge is 2.25. The van der Waals surface area contributed by atoms with Gasteiger partial charge in [-0.05, 0) is 25.5 Å². The minimum absolute atomic E-state index is 0.00917. The highest BCUT2D eigenvalue weighted by molar-refractivity contribution is 5.96. The third-order valence-corrected chi connectivity index (χ3v) is 2.66. The summed E-state index contributed by atoms with van der Waals surface area (Å²) in [5, 5.41) is 3.20. The zero-order valence-corrected chi connectivity index (χ0v) is 8.29. The summed E-state index contributed by atoms with van der Waals surface area (Å²) in [6, 6.07) is 1.90. The van der Waals surface area contributed by atoms with E-state index in [-0.39, 0.29) is 11.9 Å². The standard InChI is InChI=1S/C10H15N3O/c1-13(8-4-6-11-7-8)10(14)9-3-2-5-12-9/h4,6-7,9,11-12H,2-3,5H2,1H3. The van der Waals surface area contributed by atoms with Crippen LogP contribution in [0.25, 0.3) is 0 Å². The van der Waals surface area contributed by atoms with E-state index in [1.807, 2.05) is 25.5 Å². The van der Waals surface area contributed by atoms with Crippen molar-refractivity contribution in [3.05, 3.63) is 18.5 Å². The van der Waals surface area contributed by atoms with Gasteiger partial charge in [-0.1, -0.05) is 0 Å². The van der Waals surface area contributed by atoms with Crippen molar-refractivity contribution >= 4 is 11.6 Å². The van der Waals surface area contributed by atoms with Crippen LogP contribution in [0.4, 0.5) is 5.69 Å². The Morgan fingerprint density at radius 2 is 2.50 bits per heavy atom. The summed E-state index contributed by atoms with van der Waals surface area (Å²) in [4.78, 5) is 16.5. The lowest BCUT2D eigenvalue weighted by molar-refractivity contribution is -0.119. The van der Waals surface area contributed by atoms with Gasteiger partial charge in [0.05, 0.1) is 11.7 Å². The topological polar surface area (TPSA) is 48.1 Å². The SMILES string of the molecule is CN(C(=O)C1CCCN1)c1cc[nH]c1. The largest absolute Gasteiger partial charge is 0.366 e. The molecule has 1 aliphatic heterocycles. The Morgan fingerprint density at radius 3 is 3.07 bits per heavy atom. The zero-order chi connectivity index (χ0) is 9.97. The molecule has 1 amide bonds. The van der Waals surface area contributed by atoms with E-state index in [1.165, 1.54) is 0 Å². The fourth-order valence-electron chi connectivity index (χ4n) is 1.78. The van der Waals surface area contributed by atoms with Crippen LogP contribution in [0, 0.1) is 0 Å². The number of carbonyl (C=O) groups excluding carboxylic acids is 1. The molecule has 1 aromatic heterocycles. The number of rotatable bonds is 2. The molecule has 4 heteroatoms. The van der Waals surface area contributed by atoms with Crippen molar-refractivity contribution in [2.24, 2.45) is 0 Å². The monoisotopic (exact) mass is 193 g/mol. The van der Waals surface area contributed by atoms with Crippen molar-refractivity contribution in [2.75, 3.05) is 18.5 Å². The Kier molecular flexibility index (Phi) is 2.54. The molecule has 2 rings (SSSR count). The van der Waals surface area contributed by atoms with Crippen LogP contribution in [-0.2, 0) is 4.79 Å². The fraction of sp³-hybridized carbons (Fsp3) is 0.500. The predicted octanol–water partition coefficient (Wildman–Crippen LogP) is 0.729. The Hall–Kier alpha value is -1.29. The van der Waals surface area contributed by atoms with Crippen molar-refractivity contribution in [2.45, 2.75) is 18.9 Å². The van der Waals surface area contributed by atoms with Gasteiger partial charge in [-0.2, -0.15) is 0 Å². The quantitative estimate of drug-likeness (QED) is 0.727. The first-order valence-electron chi connectivity index (χ1n) is 4.93. The number of hydrogen-bond acceptors (Lipinski definition) is 2.